The second-order valence-corrected chi connectivity index (χ2v) is 7.53. The molecule has 4 rings (SSSR count). The van der Waals surface area contributed by atoms with Crippen LogP contribution in [-0.4, -0.2) is 15.0 Å². The van der Waals surface area contributed by atoms with Crippen LogP contribution in [0.4, 0.5) is 0 Å². The van der Waals surface area contributed by atoms with E-state index in [0.717, 1.165) is 40.7 Å². The summed E-state index contributed by atoms with van der Waals surface area (Å²) in [5, 5.41) is 0.646. The maximum absolute atomic E-state index is 6.21. The highest BCUT2D eigenvalue weighted by molar-refractivity contribution is 6.30. The van der Waals surface area contributed by atoms with Gasteiger partial charge in [-0.2, -0.15) is 0 Å². The molecule has 0 amide bonds. The maximum atomic E-state index is 6.21. The standard InChI is InChI=1S/C27H22ClN3/c1-3-9-19(4-2)20-14-16-22(17-15-20)26-29-25(21-10-6-5-7-11-21)30-27(31-26)23-12-8-13-24(28)18-23/h3-4,6,8-18H,1-2,5,7H2/b19-9+. The van der Waals surface area contributed by atoms with Crippen molar-refractivity contribution < 1.29 is 0 Å². The highest BCUT2D eigenvalue weighted by Crippen LogP contribution is 2.27. The lowest BCUT2D eigenvalue weighted by atomic mass is 10.0. The fraction of sp³-hybridized carbons (Fsp3) is 0.0741. The molecule has 0 N–H and O–H groups in total. The Labute approximate surface area is 187 Å². The zero-order valence-corrected chi connectivity index (χ0v) is 17.9. The van der Waals surface area contributed by atoms with E-state index in [0.29, 0.717) is 22.5 Å². The number of allylic oxidation sites excluding steroid dienone is 8. The number of hydrogen-bond donors (Lipinski definition) is 0. The first-order valence-corrected chi connectivity index (χ1v) is 10.5. The van der Waals surface area contributed by atoms with Gasteiger partial charge in [-0.05, 0) is 36.1 Å². The minimum absolute atomic E-state index is 0.602. The van der Waals surface area contributed by atoms with Crippen molar-refractivity contribution in [3.63, 3.8) is 0 Å². The van der Waals surface area contributed by atoms with Crippen LogP contribution in [0.25, 0.3) is 33.9 Å². The molecule has 0 unspecified atom stereocenters. The summed E-state index contributed by atoms with van der Waals surface area (Å²) in [7, 11) is 0. The molecule has 152 valence electrons. The highest BCUT2D eigenvalue weighted by atomic mass is 35.5. The van der Waals surface area contributed by atoms with Gasteiger partial charge in [0.25, 0.3) is 0 Å². The van der Waals surface area contributed by atoms with Gasteiger partial charge in [0.15, 0.2) is 17.5 Å². The van der Waals surface area contributed by atoms with Gasteiger partial charge in [-0.3, -0.25) is 0 Å². The SMILES string of the molecule is C=C/C=C(\C=C)c1ccc(-c2nc(C3=CCCC=C3)nc(-c3cccc(Cl)c3)n2)cc1. The van der Waals surface area contributed by atoms with E-state index in [4.69, 9.17) is 26.6 Å². The predicted octanol–water partition coefficient (Wildman–Crippen LogP) is 7.35. The van der Waals surface area contributed by atoms with Crippen LogP contribution in [0.15, 0.2) is 98.1 Å². The fourth-order valence-corrected chi connectivity index (χ4v) is 3.58. The Morgan fingerprint density at radius 3 is 2.26 bits per heavy atom. The normalized spacial score (nSPS) is 13.6. The highest BCUT2D eigenvalue weighted by Gasteiger charge is 2.14. The lowest BCUT2D eigenvalue weighted by Gasteiger charge is -2.11. The third-order valence-electron chi connectivity index (χ3n) is 4.97. The molecule has 0 radical (unpaired) electrons. The molecule has 0 atom stereocenters. The van der Waals surface area contributed by atoms with Crippen molar-refractivity contribution in [2.45, 2.75) is 12.8 Å². The van der Waals surface area contributed by atoms with Crippen LogP contribution in [0.2, 0.25) is 5.02 Å². The van der Waals surface area contributed by atoms with E-state index in [2.05, 4.69) is 31.4 Å². The summed E-state index contributed by atoms with van der Waals surface area (Å²) in [6, 6.07) is 15.7. The van der Waals surface area contributed by atoms with Crippen LogP contribution in [0.3, 0.4) is 0 Å². The third kappa shape index (κ3) is 4.79. The van der Waals surface area contributed by atoms with Crippen LogP contribution < -0.4 is 0 Å². The van der Waals surface area contributed by atoms with Gasteiger partial charge in [0, 0.05) is 21.7 Å². The van der Waals surface area contributed by atoms with Crippen molar-refractivity contribution in [3.8, 4) is 22.8 Å². The predicted molar refractivity (Wildman–Crippen MR) is 130 cm³/mol. The first-order chi connectivity index (χ1) is 15.2. The lowest BCUT2D eigenvalue weighted by molar-refractivity contribution is 1.01. The largest absolute Gasteiger partial charge is 0.208 e. The second kappa shape index (κ2) is 9.50. The van der Waals surface area contributed by atoms with Crippen molar-refractivity contribution in [2.24, 2.45) is 0 Å². The summed E-state index contributed by atoms with van der Waals surface area (Å²) < 4.78 is 0. The van der Waals surface area contributed by atoms with Gasteiger partial charge in [0.2, 0.25) is 0 Å². The van der Waals surface area contributed by atoms with Crippen molar-refractivity contribution in [2.75, 3.05) is 0 Å². The lowest BCUT2D eigenvalue weighted by Crippen LogP contribution is -2.03. The first-order valence-electron chi connectivity index (χ1n) is 10.1. The van der Waals surface area contributed by atoms with Crippen molar-refractivity contribution in [1.29, 1.82) is 0 Å². The molecule has 0 spiro atoms. The number of nitrogens with zero attached hydrogens (tertiary/aromatic N) is 3. The summed E-state index contributed by atoms with van der Waals surface area (Å²) in [5.74, 6) is 1.89. The van der Waals surface area contributed by atoms with E-state index in [9.17, 15) is 0 Å². The minimum atomic E-state index is 0.602. The maximum Gasteiger partial charge on any atom is 0.164 e. The smallest absolute Gasteiger partial charge is 0.164 e. The summed E-state index contributed by atoms with van der Waals surface area (Å²) in [4.78, 5) is 14.3. The molecule has 0 saturated heterocycles. The third-order valence-corrected chi connectivity index (χ3v) is 5.20. The van der Waals surface area contributed by atoms with Gasteiger partial charge in [0.1, 0.15) is 0 Å². The van der Waals surface area contributed by atoms with Crippen molar-refractivity contribution in [1.82, 2.24) is 15.0 Å². The van der Waals surface area contributed by atoms with Crippen molar-refractivity contribution in [3.05, 3.63) is 115 Å². The van der Waals surface area contributed by atoms with Gasteiger partial charge in [-0.25, -0.2) is 15.0 Å². The number of rotatable bonds is 6. The molecule has 3 nitrogen and oxygen atoms in total. The molecule has 1 aromatic heterocycles. The Balaban J connectivity index is 1.81. The van der Waals surface area contributed by atoms with Gasteiger partial charge in [0.05, 0.1) is 0 Å². The van der Waals surface area contributed by atoms with E-state index in [1.54, 1.807) is 6.08 Å². The molecular formula is C27H22ClN3. The number of halogens is 1. The van der Waals surface area contributed by atoms with Crippen LogP contribution in [0.5, 0.6) is 0 Å². The van der Waals surface area contributed by atoms with Gasteiger partial charge >= 0.3 is 0 Å². The van der Waals surface area contributed by atoms with E-state index in [1.165, 1.54) is 0 Å². The molecule has 1 aliphatic rings. The number of benzene rings is 2. The summed E-state index contributed by atoms with van der Waals surface area (Å²) in [6.45, 7) is 7.65. The summed E-state index contributed by atoms with van der Waals surface area (Å²) in [5.41, 5.74) is 4.85. The Bertz CT molecular complexity index is 1220. The Kier molecular flexibility index (Phi) is 6.34. The zero-order valence-electron chi connectivity index (χ0n) is 17.1. The average molecular weight is 424 g/mol. The van der Waals surface area contributed by atoms with Gasteiger partial charge < -0.3 is 0 Å². The van der Waals surface area contributed by atoms with Gasteiger partial charge in [-0.1, -0.05) is 97.6 Å². The number of aromatic nitrogens is 3. The quantitative estimate of drug-likeness (QED) is 0.389. The van der Waals surface area contributed by atoms with E-state index in [1.807, 2.05) is 60.7 Å². The fourth-order valence-electron chi connectivity index (χ4n) is 3.39. The molecule has 2 aromatic carbocycles. The minimum Gasteiger partial charge on any atom is -0.208 e. The molecule has 1 heterocycles. The summed E-state index contributed by atoms with van der Waals surface area (Å²) in [6.07, 6.45) is 13.9. The van der Waals surface area contributed by atoms with E-state index in [-0.39, 0.29) is 0 Å². The van der Waals surface area contributed by atoms with Crippen LogP contribution in [0, 0.1) is 0 Å². The summed E-state index contributed by atoms with van der Waals surface area (Å²) >= 11 is 6.21. The second-order valence-electron chi connectivity index (χ2n) is 7.09. The zero-order chi connectivity index (χ0) is 21.6. The monoisotopic (exact) mass is 423 g/mol. The van der Waals surface area contributed by atoms with Crippen molar-refractivity contribution >= 4 is 22.7 Å². The molecule has 1 aliphatic carbocycles. The molecule has 0 aliphatic heterocycles. The topological polar surface area (TPSA) is 38.7 Å². The average Bonchev–Trinajstić information content (AvgIpc) is 2.83. The van der Waals surface area contributed by atoms with Crippen LogP contribution in [-0.2, 0) is 0 Å². The van der Waals surface area contributed by atoms with Gasteiger partial charge in [-0.15, -0.1) is 0 Å². The molecule has 0 fully saturated rings. The Hall–Kier alpha value is -3.56. The molecular weight excluding hydrogens is 402 g/mol. The van der Waals surface area contributed by atoms with Crippen LogP contribution in [0.1, 0.15) is 24.2 Å². The van der Waals surface area contributed by atoms with E-state index < -0.39 is 0 Å². The van der Waals surface area contributed by atoms with E-state index >= 15 is 0 Å². The molecule has 3 aromatic rings. The number of hydrogen-bond acceptors (Lipinski definition) is 3. The van der Waals surface area contributed by atoms with Crippen LogP contribution >= 0.6 is 11.6 Å². The molecule has 4 heteroatoms. The first kappa shape index (κ1) is 20.7. The molecule has 31 heavy (non-hydrogen) atoms. The Morgan fingerprint density at radius 2 is 1.61 bits per heavy atom. The Morgan fingerprint density at radius 1 is 0.871 bits per heavy atom. The molecule has 0 bridgehead atoms. The molecule has 0 saturated carbocycles.